The largest absolute Gasteiger partial charge is 0.348 e. The molecule has 1 heterocycles. The molecule has 0 spiro atoms. The summed E-state index contributed by atoms with van der Waals surface area (Å²) in [4.78, 5) is 26.8. The number of para-hydroxylation sites is 1. The number of carbonyl (C=O) groups excluding carboxylic acids is 1. The highest BCUT2D eigenvalue weighted by Crippen LogP contribution is 2.10. The number of H-pyrrole nitrogens is 1. The number of aromatic nitrogens is 1. The Bertz CT molecular complexity index is 885. The number of aromatic amines is 1. The molecule has 0 atom stereocenters. The Balaban J connectivity index is 1.81. The van der Waals surface area contributed by atoms with Crippen LogP contribution in [-0.4, -0.2) is 10.9 Å². The van der Waals surface area contributed by atoms with Crippen molar-refractivity contribution in [2.24, 2.45) is 0 Å². The smallest absolute Gasteiger partial charge is 0.261 e. The molecular weight excluding hydrogens is 283 g/mol. The molecule has 110 valence electrons. The van der Waals surface area contributed by atoms with Crippen molar-refractivity contribution in [3.8, 4) is 0 Å². The number of carbonyl (C=O) groups is 1. The second-order valence-corrected chi connectivity index (χ2v) is 4.91. The van der Waals surface area contributed by atoms with E-state index in [9.17, 15) is 14.0 Å². The minimum Gasteiger partial charge on any atom is -0.348 e. The van der Waals surface area contributed by atoms with Gasteiger partial charge in [-0.05, 0) is 35.2 Å². The molecule has 3 aromatic rings. The van der Waals surface area contributed by atoms with Gasteiger partial charge in [-0.15, -0.1) is 0 Å². The van der Waals surface area contributed by atoms with Gasteiger partial charge < -0.3 is 10.3 Å². The molecule has 0 aliphatic rings. The van der Waals surface area contributed by atoms with Crippen LogP contribution in [0.4, 0.5) is 4.39 Å². The minimum atomic E-state index is -0.462. The zero-order valence-corrected chi connectivity index (χ0v) is 11.6. The van der Waals surface area contributed by atoms with Crippen molar-refractivity contribution < 1.29 is 9.18 Å². The third-order valence-electron chi connectivity index (χ3n) is 3.36. The molecule has 0 aliphatic carbocycles. The van der Waals surface area contributed by atoms with Crippen LogP contribution in [0.5, 0.6) is 0 Å². The first kappa shape index (κ1) is 14.0. The summed E-state index contributed by atoms with van der Waals surface area (Å²) >= 11 is 0. The highest BCUT2D eigenvalue weighted by Gasteiger charge is 2.11. The fourth-order valence-electron chi connectivity index (χ4n) is 2.20. The standard InChI is InChI=1S/C17H13FN2O2/c18-13-7-5-11(6-8-13)10-19-16(21)14-9-12-3-1-2-4-15(12)20-17(14)22/h1-9H,10H2,(H,19,21)(H,20,22). The van der Waals surface area contributed by atoms with Crippen LogP contribution in [0.2, 0.25) is 0 Å². The molecule has 2 aromatic carbocycles. The lowest BCUT2D eigenvalue weighted by atomic mass is 10.1. The first-order valence-electron chi connectivity index (χ1n) is 6.78. The maximum atomic E-state index is 12.8. The van der Waals surface area contributed by atoms with E-state index in [1.165, 1.54) is 12.1 Å². The van der Waals surface area contributed by atoms with Crippen molar-refractivity contribution in [1.29, 1.82) is 0 Å². The molecule has 0 saturated heterocycles. The average molecular weight is 296 g/mol. The first-order valence-corrected chi connectivity index (χ1v) is 6.78. The van der Waals surface area contributed by atoms with E-state index in [0.29, 0.717) is 5.52 Å². The van der Waals surface area contributed by atoms with Crippen LogP contribution in [-0.2, 0) is 6.54 Å². The summed E-state index contributed by atoms with van der Waals surface area (Å²) in [7, 11) is 0. The van der Waals surface area contributed by atoms with Crippen LogP contribution >= 0.6 is 0 Å². The maximum absolute atomic E-state index is 12.8. The number of halogens is 1. The summed E-state index contributed by atoms with van der Waals surface area (Å²) in [6, 6.07) is 14.6. The van der Waals surface area contributed by atoms with E-state index >= 15 is 0 Å². The lowest BCUT2D eigenvalue weighted by Crippen LogP contribution is -2.29. The van der Waals surface area contributed by atoms with Gasteiger partial charge in [0.05, 0.1) is 0 Å². The molecular formula is C17H13FN2O2. The first-order chi connectivity index (χ1) is 10.6. The number of benzene rings is 2. The monoisotopic (exact) mass is 296 g/mol. The quantitative estimate of drug-likeness (QED) is 0.780. The molecule has 0 radical (unpaired) electrons. The SMILES string of the molecule is O=C(NCc1ccc(F)cc1)c1cc2ccccc2[nH]c1=O. The molecule has 0 unspecified atom stereocenters. The predicted molar refractivity (Wildman–Crippen MR) is 82.1 cm³/mol. The number of hydrogen-bond acceptors (Lipinski definition) is 2. The third-order valence-corrected chi connectivity index (χ3v) is 3.36. The van der Waals surface area contributed by atoms with Gasteiger partial charge in [-0.25, -0.2) is 4.39 Å². The maximum Gasteiger partial charge on any atom is 0.261 e. The van der Waals surface area contributed by atoms with Crippen LogP contribution in [0.3, 0.4) is 0 Å². The number of fused-ring (bicyclic) bond motifs is 1. The van der Waals surface area contributed by atoms with E-state index in [1.54, 1.807) is 24.3 Å². The normalized spacial score (nSPS) is 10.6. The van der Waals surface area contributed by atoms with Crippen LogP contribution in [0, 0.1) is 5.82 Å². The second-order valence-electron chi connectivity index (χ2n) is 4.91. The van der Waals surface area contributed by atoms with Crippen molar-refractivity contribution in [1.82, 2.24) is 10.3 Å². The third kappa shape index (κ3) is 2.88. The Kier molecular flexibility index (Phi) is 3.70. The molecule has 0 saturated carbocycles. The number of pyridine rings is 1. The Morgan fingerprint density at radius 2 is 1.82 bits per heavy atom. The average Bonchev–Trinajstić information content (AvgIpc) is 2.53. The van der Waals surface area contributed by atoms with Gasteiger partial charge in [-0.2, -0.15) is 0 Å². The lowest BCUT2D eigenvalue weighted by molar-refractivity contribution is 0.0949. The lowest BCUT2D eigenvalue weighted by Gasteiger charge is -2.06. The fraction of sp³-hybridized carbons (Fsp3) is 0.0588. The van der Waals surface area contributed by atoms with E-state index in [2.05, 4.69) is 10.3 Å². The van der Waals surface area contributed by atoms with E-state index in [1.807, 2.05) is 18.2 Å². The van der Waals surface area contributed by atoms with Crippen LogP contribution in [0.25, 0.3) is 10.9 Å². The molecule has 1 amide bonds. The van der Waals surface area contributed by atoms with Crippen molar-refractivity contribution >= 4 is 16.8 Å². The van der Waals surface area contributed by atoms with E-state index in [-0.39, 0.29) is 17.9 Å². The van der Waals surface area contributed by atoms with E-state index in [0.717, 1.165) is 10.9 Å². The Morgan fingerprint density at radius 3 is 2.59 bits per heavy atom. The molecule has 2 N–H and O–H groups in total. The number of hydrogen-bond donors (Lipinski definition) is 2. The van der Waals surface area contributed by atoms with Crippen LogP contribution in [0.1, 0.15) is 15.9 Å². The van der Waals surface area contributed by atoms with Crippen molar-refractivity contribution in [3.05, 3.63) is 81.9 Å². The molecule has 0 bridgehead atoms. The molecule has 0 fully saturated rings. The van der Waals surface area contributed by atoms with Crippen molar-refractivity contribution in [2.75, 3.05) is 0 Å². The van der Waals surface area contributed by atoms with Gasteiger partial charge in [-0.1, -0.05) is 30.3 Å². The fourth-order valence-corrected chi connectivity index (χ4v) is 2.20. The Hall–Kier alpha value is -2.95. The van der Waals surface area contributed by atoms with Gasteiger partial charge in [0, 0.05) is 12.1 Å². The Morgan fingerprint density at radius 1 is 1.09 bits per heavy atom. The zero-order valence-electron chi connectivity index (χ0n) is 11.6. The number of rotatable bonds is 3. The summed E-state index contributed by atoms with van der Waals surface area (Å²) in [5.74, 6) is -0.794. The Labute approximate surface area is 125 Å². The summed E-state index contributed by atoms with van der Waals surface area (Å²) in [6.07, 6.45) is 0. The molecule has 0 aliphatic heterocycles. The summed E-state index contributed by atoms with van der Waals surface area (Å²) < 4.78 is 12.8. The van der Waals surface area contributed by atoms with E-state index < -0.39 is 11.5 Å². The van der Waals surface area contributed by atoms with Gasteiger partial charge >= 0.3 is 0 Å². The predicted octanol–water partition coefficient (Wildman–Crippen LogP) is 2.60. The molecule has 3 rings (SSSR count). The summed E-state index contributed by atoms with van der Waals surface area (Å²) in [6.45, 7) is 0.228. The highest BCUT2D eigenvalue weighted by atomic mass is 19.1. The molecule has 22 heavy (non-hydrogen) atoms. The van der Waals surface area contributed by atoms with Gasteiger partial charge in [0.25, 0.3) is 11.5 Å². The molecule has 1 aromatic heterocycles. The van der Waals surface area contributed by atoms with Gasteiger partial charge in [0.15, 0.2) is 0 Å². The number of nitrogens with one attached hydrogen (secondary N) is 2. The second kappa shape index (κ2) is 5.81. The summed E-state index contributed by atoms with van der Waals surface area (Å²) in [5.41, 5.74) is 1.06. The highest BCUT2D eigenvalue weighted by molar-refractivity contribution is 5.97. The van der Waals surface area contributed by atoms with Gasteiger partial charge in [0.1, 0.15) is 11.4 Å². The van der Waals surface area contributed by atoms with Crippen LogP contribution < -0.4 is 10.9 Å². The van der Waals surface area contributed by atoms with Gasteiger partial charge in [0.2, 0.25) is 0 Å². The van der Waals surface area contributed by atoms with Crippen molar-refractivity contribution in [2.45, 2.75) is 6.54 Å². The topological polar surface area (TPSA) is 62.0 Å². The number of amides is 1. The van der Waals surface area contributed by atoms with Crippen LogP contribution in [0.15, 0.2) is 59.4 Å². The molecule has 4 nitrogen and oxygen atoms in total. The van der Waals surface area contributed by atoms with Gasteiger partial charge in [-0.3, -0.25) is 9.59 Å². The molecule has 5 heteroatoms. The minimum absolute atomic E-state index is 0.0563. The van der Waals surface area contributed by atoms with E-state index in [4.69, 9.17) is 0 Å². The summed E-state index contributed by atoms with van der Waals surface area (Å²) in [5, 5.41) is 3.44. The van der Waals surface area contributed by atoms with Crippen molar-refractivity contribution in [3.63, 3.8) is 0 Å². The zero-order chi connectivity index (χ0) is 15.5.